The molecule has 0 bridgehead atoms. The fourth-order valence-electron chi connectivity index (χ4n) is 1.73. The Hall–Kier alpha value is -1.16. The maximum Gasteiger partial charge on any atom is 0.144 e. The number of aromatic nitrogens is 2. The van der Waals surface area contributed by atoms with Crippen LogP contribution in [0.2, 0.25) is 0 Å². The van der Waals surface area contributed by atoms with Crippen molar-refractivity contribution in [3.63, 3.8) is 0 Å². The van der Waals surface area contributed by atoms with Gasteiger partial charge in [0, 0.05) is 11.3 Å². The van der Waals surface area contributed by atoms with Crippen molar-refractivity contribution >= 4 is 5.82 Å². The Kier molecular flexibility index (Phi) is 3.63. The zero-order chi connectivity index (χ0) is 11.6. The molecule has 15 heavy (non-hydrogen) atoms. The zero-order valence-corrected chi connectivity index (χ0v) is 10.2. The lowest BCUT2D eigenvalue weighted by molar-refractivity contribution is 0.390. The fraction of sp³-hybridized carbons (Fsp3) is 0.636. The molecule has 4 nitrogen and oxygen atoms in total. The molecule has 1 heterocycles. The maximum absolute atomic E-state index is 5.93. The lowest BCUT2D eigenvalue weighted by Gasteiger charge is -2.14. The first-order valence-corrected chi connectivity index (χ1v) is 5.19. The average Bonchev–Trinajstić information content (AvgIpc) is 1.99. The molecular formula is C11H20N4. The van der Waals surface area contributed by atoms with Crippen molar-refractivity contribution in [1.82, 2.24) is 14.9 Å². The van der Waals surface area contributed by atoms with Crippen LogP contribution in [-0.4, -0.2) is 29.0 Å². The second kappa shape index (κ2) is 4.57. The van der Waals surface area contributed by atoms with E-state index in [9.17, 15) is 0 Å². The van der Waals surface area contributed by atoms with E-state index < -0.39 is 0 Å². The summed E-state index contributed by atoms with van der Waals surface area (Å²) in [4.78, 5) is 10.8. The molecule has 1 rings (SSSR count). The predicted octanol–water partition coefficient (Wildman–Crippen LogP) is 1.55. The second-order valence-electron chi connectivity index (χ2n) is 4.42. The number of rotatable bonds is 3. The number of nitrogen functional groups attached to an aromatic ring is 1. The minimum atomic E-state index is 0.374. The molecule has 0 aliphatic rings. The molecule has 1 aromatic heterocycles. The standard InChI is InChI=1S/C11H20N4/c1-7(2)10-8(3)13-9(6-15(4)5)14-11(10)12/h7H,6H2,1-5H3,(H2,12,13,14). The molecule has 0 saturated carbocycles. The second-order valence-corrected chi connectivity index (χ2v) is 4.42. The maximum atomic E-state index is 5.93. The molecule has 0 aliphatic carbocycles. The van der Waals surface area contributed by atoms with Crippen LogP contribution in [0.4, 0.5) is 5.82 Å². The monoisotopic (exact) mass is 208 g/mol. The van der Waals surface area contributed by atoms with E-state index in [0.29, 0.717) is 11.7 Å². The molecular weight excluding hydrogens is 188 g/mol. The highest BCUT2D eigenvalue weighted by molar-refractivity contribution is 5.44. The highest BCUT2D eigenvalue weighted by Gasteiger charge is 2.12. The lowest BCUT2D eigenvalue weighted by atomic mass is 10.0. The third-order valence-corrected chi connectivity index (χ3v) is 2.25. The summed E-state index contributed by atoms with van der Waals surface area (Å²) in [6.45, 7) is 6.93. The van der Waals surface area contributed by atoms with E-state index in [4.69, 9.17) is 5.73 Å². The van der Waals surface area contributed by atoms with Crippen molar-refractivity contribution < 1.29 is 0 Å². The van der Waals surface area contributed by atoms with Crippen molar-refractivity contribution in [3.05, 3.63) is 17.1 Å². The summed E-state index contributed by atoms with van der Waals surface area (Å²) in [6.07, 6.45) is 0. The van der Waals surface area contributed by atoms with Gasteiger partial charge >= 0.3 is 0 Å². The summed E-state index contributed by atoms with van der Waals surface area (Å²) in [5.74, 6) is 1.78. The summed E-state index contributed by atoms with van der Waals surface area (Å²) in [5.41, 5.74) is 7.99. The summed E-state index contributed by atoms with van der Waals surface area (Å²) in [6, 6.07) is 0. The lowest BCUT2D eigenvalue weighted by Crippen LogP contribution is -2.16. The Morgan fingerprint density at radius 1 is 1.27 bits per heavy atom. The van der Waals surface area contributed by atoms with Gasteiger partial charge in [0.25, 0.3) is 0 Å². The van der Waals surface area contributed by atoms with E-state index in [0.717, 1.165) is 23.6 Å². The molecule has 0 spiro atoms. The predicted molar refractivity (Wildman–Crippen MR) is 62.7 cm³/mol. The Bertz CT molecular complexity index is 321. The zero-order valence-electron chi connectivity index (χ0n) is 10.2. The van der Waals surface area contributed by atoms with Gasteiger partial charge in [-0.3, -0.25) is 0 Å². The van der Waals surface area contributed by atoms with Crippen molar-refractivity contribution in [1.29, 1.82) is 0 Å². The average molecular weight is 208 g/mol. The van der Waals surface area contributed by atoms with Gasteiger partial charge in [0.2, 0.25) is 0 Å². The first kappa shape index (κ1) is 11.9. The van der Waals surface area contributed by atoms with Crippen LogP contribution in [0.3, 0.4) is 0 Å². The number of nitrogens with zero attached hydrogens (tertiary/aromatic N) is 3. The number of anilines is 1. The Morgan fingerprint density at radius 3 is 2.27 bits per heavy atom. The highest BCUT2D eigenvalue weighted by Crippen LogP contribution is 2.22. The molecule has 0 radical (unpaired) electrons. The largest absolute Gasteiger partial charge is 0.383 e. The van der Waals surface area contributed by atoms with E-state index in [-0.39, 0.29) is 0 Å². The van der Waals surface area contributed by atoms with Gasteiger partial charge in [0.15, 0.2) is 0 Å². The number of hydrogen-bond donors (Lipinski definition) is 1. The first-order chi connectivity index (χ1) is 6.91. The number of aryl methyl sites for hydroxylation is 1. The van der Waals surface area contributed by atoms with E-state index in [2.05, 4.69) is 23.8 Å². The minimum absolute atomic E-state index is 0.374. The molecule has 0 saturated heterocycles. The molecule has 0 aliphatic heterocycles. The van der Waals surface area contributed by atoms with Crippen molar-refractivity contribution in [2.45, 2.75) is 33.2 Å². The Morgan fingerprint density at radius 2 is 1.87 bits per heavy atom. The quantitative estimate of drug-likeness (QED) is 0.819. The van der Waals surface area contributed by atoms with Crippen LogP contribution in [-0.2, 0) is 6.54 Å². The van der Waals surface area contributed by atoms with Crippen molar-refractivity contribution in [3.8, 4) is 0 Å². The number of hydrogen-bond acceptors (Lipinski definition) is 4. The molecule has 0 amide bonds. The first-order valence-electron chi connectivity index (χ1n) is 5.19. The Labute approximate surface area is 91.5 Å². The van der Waals surface area contributed by atoms with Crippen LogP contribution in [0.25, 0.3) is 0 Å². The van der Waals surface area contributed by atoms with Crippen LogP contribution in [0, 0.1) is 6.92 Å². The highest BCUT2D eigenvalue weighted by atomic mass is 15.1. The van der Waals surface area contributed by atoms with Crippen molar-refractivity contribution in [2.24, 2.45) is 0 Å². The van der Waals surface area contributed by atoms with E-state index in [1.165, 1.54) is 0 Å². The van der Waals surface area contributed by atoms with E-state index in [1.807, 2.05) is 25.9 Å². The van der Waals surface area contributed by atoms with Gasteiger partial charge in [-0.1, -0.05) is 13.8 Å². The third kappa shape index (κ3) is 2.89. The van der Waals surface area contributed by atoms with Crippen LogP contribution in [0.15, 0.2) is 0 Å². The molecule has 0 fully saturated rings. The molecule has 84 valence electrons. The normalized spacial score (nSPS) is 11.4. The molecule has 1 aromatic rings. The van der Waals surface area contributed by atoms with Crippen LogP contribution in [0.5, 0.6) is 0 Å². The van der Waals surface area contributed by atoms with Gasteiger partial charge < -0.3 is 10.6 Å². The summed E-state index contributed by atoms with van der Waals surface area (Å²) in [7, 11) is 3.98. The molecule has 0 aromatic carbocycles. The van der Waals surface area contributed by atoms with Gasteiger partial charge in [-0.05, 0) is 26.9 Å². The third-order valence-electron chi connectivity index (χ3n) is 2.25. The summed E-state index contributed by atoms with van der Waals surface area (Å²) in [5, 5.41) is 0. The van der Waals surface area contributed by atoms with Crippen LogP contribution in [0.1, 0.15) is 36.8 Å². The van der Waals surface area contributed by atoms with Gasteiger partial charge in [-0.25, -0.2) is 9.97 Å². The Balaban J connectivity index is 3.08. The van der Waals surface area contributed by atoms with Crippen LogP contribution < -0.4 is 5.73 Å². The SMILES string of the molecule is Cc1nc(CN(C)C)nc(N)c1C(C)C. The summed E-state index contributed by atoms with van der Waals surface area (Å²) >= 11 is 0. The number of nitrogens with two attached hydrogens (primary N) is 1. The molecule has 0 unspecified atom stereocenters. The summed E-state index contributed by atoms with van der Waals surface area (Å²) < 4.78 is 0. The van der Waals surface area contributed by atoms with Gasteiger partial charge in [-0.2, -0.15) is 0 Å². The smallest absolute Gasteiger partial charge is 0.144 e. The van der Waals surface area contributed by atoms with Crippen molar-refractivity contribution in [2.75, 3.05) is 19.8 Å². The van der Waals surface area contributed by atoms with E-state index in [1.54, 1.807) is 0 Å². The fourth-order valence-corrected chi connectivity index (χ4v) is 1.73. The molecule has 0 atom stereocenters. The van der Waals surface area contributed by atoms with Gasteiger partial charge in [-0.15, -0.1) is 0 Å². The minimum Gasteiger partial charge on any atom is -0.383 e. The molecule has 4 heteroatoms. The molecule has 2 N–H and O–H groups in total. The van der Waals surface area contributed by atoms with Gasteiger partial charge in [0.1, 0.15) is 11.6 Å². The van der Waals surface area contributed by atoms with Crippen LogP contribution >= 0.6 is 0 Å². The van der Waals surface area contributed by atoms with Gasteiger partial charge in [0.05, 0.1) is 6.54 Å². The van der Waals surface area contributed by atoms with E-state index >= 15 is 0 Å². The topological polar surface area (TPSA) is 55.0 Å².